The third-order valence-corrected chi connectivity index (χ3v) is 29.7. The number of hydrogen-bond acceptors (Lipinski definition) is 16. The first-order valence-corrected chi connectivity index (χ1v) is 51.0. The van der Waals surface area contributed by atoms with Gasteiger partial charge in [0.25, 0.3) is 0 Å². The Labute approximate surface area is 857 Å². The zero-order valence-corrected chi connectivity index (χ0v) is 85.2. The van der Waals surface area contributed by atoms with Gasteiger partial charge in [0.1, 0.15) is 46.5 Å². The molecule has 734 valence electrons. The number of anilines is 3. The van der Waals surface area contributed by atoms with Crippen LogP contribution in [0.5, 0.6) is 0 Å². The van der Waals surface area contributed by atoms with Gasteiger partial charge in [-0.3, -0.25) is 14.4 Å². The van der Waals surface area contributed by atoms with E-state index in [1.54, 1.807) is 63.2 Å². The van der Waals surface area contributed by atoms with Crippen molar-refractivity contribution in [3.05, 3.63) is 315 Å². The van der Waals surface area contributed by atoms with Gasteiger partial charge < -0.3 is 64.8 Å². The van der Waals surface area contributed by atoms with E-state index in [-0.39, 0.29) is 78.4 Å². The van der Waals surface area contributed by atoms with E-state index in [1.165, 1.54) is 50.7 Å². The van der Waals surface area contributed by atoms with Crippen molar-refractivity contribution in [2.45, 2.75) is 163 Å². The van der Waals surface area contributed by atoms with Gasteiger partial charge in [0.15, 0.2) is 0 Å². The first-order valence-electron chi connectivity index (χ1n) is 47.9. The highest BCUT2D eigenvalue weighted by molar-refractivity contribution is 6.43. The van der Waals surface area contributed by atoms with E-state index in [1.807, 2.05) is 126 Å². The van der Waals surface area contributed by atoms with Crippen LogP contribution in [0.25, 0.3) is 67.3 Å². The highest BCUT2D eigenvalue weighted by atomic mass is 35.5. The summed E-state index contributed by atoms with van der Waals surface area (Å²) in [4.78, 5) is 58.8. The number of halogens is 10. The van der Waals surface area contributed by atoms with E-state index in [2.05, 4.69) is 95.8 Å². The molecule has 14 aromatic rings. The van der Waals surface area contributed by atoms with Gasteiger partial charge >= 0.3 is 0 Å². The summed E-state index contributed by atoms with van der Waals surface area (Å²) in [6, 6.07) is 68.5. The predicted molar refractivity (Wildman–Crippen MR) is 567 cm³/mol. The number of aliphatic hydroxyl groups is 4. The molecule has 4 saturated carbocycles. The summed E-state index contributed by atoms with van der Waals surface area (Å²) < 4.78 is 34.6. The molecule has 140 heavy (non-hydrogen) atoms. The third-order valence-electron chi connectivity index (χ3n) is 26.9. The normalized spacial score (nSPS) is 16.0. The Morgan fingerprint density at radius 3 is 0.936 bits per heavy atom. The standard InChI is InChI=1S/C40H48Cl2N4O2.C36H36Cl3FN4O2.C35H34Cl3FN4O3/c1-3-12-45(13-14-47)33-8-5-31(6-9-33)39-44-37-20-32(36(15-26(2)48)43-24-27-4-10-34(41)35(42)19-27)7-11-38(37)46(39)25-40-21-28-16-29(22-40)18-30(17-28)23-40;1-3-14-43(15-16-45)28-9-6-26(7-10-28)36-42-34-20-27(8-13-35(34)44(36)22-25-5-12-32(40)31(39)19-25)33(17-23(2)46)41-21-24-4-11-29(37)30(38)18-24;1-22(46)16-32(40-20-23-2-9-28(36)29(37)17-23)26-6-11-34-33(19-26)41-35(43(34)21-24-3-10-31(39)30(38)18-24)25-4-7-27(8-5-25)42(12-14-44)13-15-45/h4-11,19-20,28-30,36,43,47H,3,12-18,21-25H2,1-2H3;4-13,18-20,33,41,45H,3,14-17,21-22H2,1-2H3;2-11,17-19,32,40,44-45H,12-16,20-21H2,1H3. The fourth-order valence-electron chi connectivity index (χ4n) is 20.7. The number of aromatic nitrogens is 6. The second-order valence-electron chi connectivity index (χ2n) is 37.5. The van der Waals surface area contributed by atoms with E-state index in [0.717, 1.165) is 173 Å². The van der Waals surface area contributed by atoms with Crippen LogP contribution in [0, 0.1) is 34.8 Å². The van der Waals surface area contributed by atoms with Crippen LogP contribution in [-0.2, 0) is 53.7 Å². The van der Waals surface area contributed by atoms with E-state index in [0.29, 0.717) is 113 Å². The van der Waals surface area contributed by atoms with E-state index >= 15 is 0 Å². The van der Waals surface area contributed by atoms with E-state index < -0.39 is 11.6 Å². The lowest BCUT2D eigenvalue weighted by Gasteiger charge is -2.57. The minimum absolute atomic E-state index is 0.0347. The summed E-state index contributed by atoms with van der Waals surface area (Å²) in [5, 5.41) is 51.8. The summed E-state index contributed by atoms with van der Waals surface area (Å²) in [5.41, 5.74) is 19.0. The number of rotatable bonds is 42. The smallest absolute Gasteiger partial charge is 0.141 e. The van der Waals surface area contributed by atoms with Crippen LogP contribution in [0.2, 0.25) is 40.2 Å². The molecule has 3 heterocycles. The molecule has 4 bridgehead atoms. The van der Waals surface area contributed by atoms with Crippen molar-refractivity contribution in [3.8, 4) is 34.2 Å². The minimum Gasteiger partial charge on any atom is -0.395 e. The van der Waals surface area contributed by atoms with Gasteiger partial charge in [-0.05, 0) is 310 Å². The van der Waals surface area contributed by atoms with Crippen molar-refractivity contribution < 1.29 is 43.6 Å². The molecule has 0 aliphatic heterocycles. The number of ketones is 3. The monoisotopic (exact) mass is 2050 g/mol. The average molecular weight is 2050 g/mol. The van der Waals surface area contributed by atoms with Gasteiger partial charge in [-0.25, -0.2) is 23.7 Å². The highest BCUT2D eigenvalue weighted by Crippen LogP contribution is 2.61. The molecule has 0 amide bonds. The molecule has 3 unspecified atom stereocenters. The summed E-state index contributed by atoms with van der Waals surface area (Å²) in [5.74, 6) is 4.38. The zero-order valence-electron chi connectivity index (χ0n) is 79.2. The average Bonchev–Trinajstić information content (AvgIpc) is 0.861. The predicted octanol–water partition coefficient (Wildman–Crippen LogP) is 25.6. The van der Waals surface area contributed by atoms with Gasteiger partial charge in [-0.1, -0.05) is 155 Å². The van der Waals surface area contributed by atoms with Crippen LogP contribution >= 0.6 is 92.8 Å². The number of Topliss-reactive ketones (excluding diaryl/α,β-unsaturated/α-hetero) is 3. The van der Waals surface area contributed by atoms with Crippen molar-refractivity contribution in [3.63, 3.8) is 0 Å². The van der Waals surface area contributed by atoms with Crippen LogP contribution < -0.4 is 30.7 Å². The molecule has 7 N–H and O–H groups in total. The lowest BCUT2D eigenvalue weighted by molar-refractivity contribution is -0.118. The van der Waals surface area contributed by atoms with Crippen LogP contribution in [-0.4, -0.2) is 132 Å². The molecule has 0 spiro atoms. The Kier molecular flexibility index (Phi) is 36.2. The molecular formula is C111H118Cl8F2N12O7. The maximum absolute atomic E-state index is 14.0. The molecule has 29 heteroatoms. The molecule has 4 fully saturated rings. The molecule has 11 aromatic carbocycles. The van der Waals surface area contributed by atoms with Crippen LogP contribution in [0.15, 0.2) is 218 Å². The van der Waals surface area contributed by atoms with E-state index in [4.69, 9.17) is 108 Å². The Hall–Kier alpha value is -9.86. The Bertz CT molecular complexity index is 6360. The number of carbonyl (C=O) groups is 3. The van der Waals surface area contributed by atoms with Crippen LogP contribution in [0.4, 0.5) is 25.8 Å². The van der Waals surface area contributed by atoms with Crippen LogP contribution in [0.1, 0.15) is 168 Å². The maximum atomic E-state index is 14.0. The Balaban J connectivity index is 0.000000159. The third kappa shape index (κ3) is 26.2. The van der Waals surface area contributed by atoms with Crippen molar-refractivity contribution in [1.29, 1.82) is 0 Å². The largest absolute Gasteiger partial charge is 0.395 e. The maximum Gasteiger partial charge on any atom is 0.141 e. The van der Waals surface area contributed by atoms with Crippen molar-refractivity contribution >= 4 is 160 Å². The SMILES string of the molecule is CC(=O)CC(NCc1ccc(Cl)c(Cl)c1)c1ccc2c(c1)nc(-c1ccc(N(CCO)CCO)cc1)n2Cc1ccc(F)c(Cl)c1.CCCN(CCO)c1ccc(-c2nc3cc(C(CC(C)=O)NCc4ccc(Cl)c(Cl)c4)ccc3n2CC23CC4CC(CC(C4)C2)C3)cc1.CCCN(CCO)c1ccc(-c2nc3cc(C(CC(C)=O)NCc4ccc(Cl)c(Cl)c4)ccc3n2Cc2ccc(F)c(Cl)c2)cc1. The van der Waals surface area contributed by atoms with E-state index in [9.17, 15) is 43.6 Å². The summed E-state index contributed by atoms with van der Waals surface area (Å²) in [6.07, 6.45) is 11.3. The lowest BCUT2D eigenvalue weighted by Crippen LogP contribution is -2.47. The number of aliphatic hydroxyl groups excluding tert-OH is 4. The quantitative estimate of drug-likeness (QED) is 0.0189. The van der Waals surface area contributed by atoms with Gasteiger partial charge in [0, 0.05) is 150 Å². The van der Waals surface area contributed by atoms with Gasteiger partial charge in [-0.2, -0.15) is 0 Å². The number of hydrogen-bond donors (Lipinski definition) is 7. The topological polar surface area (TPSA) is 231 Å². The molecule has 4 aliphatic carbocycles. The Morgan fingerprint density at radius 2 is 0.650 bits per heavy atom. The number of fused-ring (bicyclic) bond motifs is 3. The van der Waals surface area contributed by atoms with Gasteiger partial charge in [0.05, 0.1) is 99.7 Å². The number of imidazole rings is 3. The summed E-state index contributed by atoms with van der Waals surface area (Å²) in [6.45, 7) is 16.3. The molecular weight excluding hydrogens is 1930 g/mol. The van der Waals surface area contributed by atoms with Gasteiger partial charge in [-0.15, -0.1) is 0 Å². The van der Waals surface area contributed by atoms with Crippen LogP contribution in [0.3, 0.4) is 0 Å². The molecule has 0 radical (unpaired) electrons. The van der Waals surface area contributed by atoms with Crippen molar-refractivity contribution in [2.75, 3.05) is 80.4 Å². The summed E-state index contributed by atoms with van der Waals surface area (Å²) >= 11 is 49.3. The number of nitrogens with zero attached hydrogens (tertiary/aromatic N) is 9. The fourth-order valence-corrected chi connectivity index (χ4v) is 22.1. The van der Waals surface area contributed by atoms with Gasteiger partial charge in [0.2, 0.25) is 0 Å². The first kappa shape index (κ1) is 104. The molecule has 19 nitrogen and oxygen atoms in total. The second kappa shape index (κ2) is 48.5. The minimum atomic E-state index is -0.485. The number of benzene rings is 11. The fraction of sp³-hybridized carbons (Fsp3) is 0.351. The number of nitrogens with one attached hydrogen (secondary N) is 3. The molecule has 18 rings (SSSR count). The second-order valence-corrected chi connectivity index (χ2v) is 40.7. The first-order chi connectivity index (χ1) is 67.5. The molecule has 3 atom stereocenters. The highest BCUT2D eigenvalue weighted by Gasteiger charge is 2.51. The molecule has 3 aromatic heterocycles. The molecule has 4 aliphatic rings. The Morgan fingerprint density at radius 1 is 0.364 bits per heavy atom. The molecule has 0 saturated heterocycles. The number of carbonyl (C=O) groups excluding carboxylic acids is 3. The zero-order chi connectivity index (χ0) is 99.0. The van der Waals surface area contributed by atoms with Crippen molar-refractivity contribution in [1.82, 2.24) is 44.6 Å². The lowest BCUT2D eigenvalue weighted by atomic mass is 9.49. The summed E-state index contributed by atoms with van der Waals surface area (Å²) in [7, 11) is 0. The van der Waals surface area contributed by atoms with Crippen molar-refractivity contribution in [2.24, 2.45) is 23.2 Å².